The number of nitrogens with one attached hydrogen (secondary N) is 1. The third kappa shape index (κ3) is 6.05. The van der Waals surface area contributed by atoms with Crippen LogP contribution in [0.3, 0.4) is 0 Å². The van der Waals surface area contributed by atoms with Crippen LogP contribution < -0.4 is 5.32 Å². The maximum absolute atomic E-state index is 9.13. The lowest BCUT2D eigenvalue weighted by atomic mass is 10.1. The highest BCUT2D eigenvalue weighted by Crippen LogP contribution is 1.98. The molecule has 0 aliphatic rings. The first-order valence-electron chi connectivity index (χ1n) is 4.20. The molecular weight excluding hydrogens is 126 g/mol. The minimum Gasteiger partial charge on any atom is -0.393 e. The Balaban J connectivity index is 2.89. The van der Waals surface area contributed by atoms with E-state index in [4.69, 9.17) is 5.11 Å². The Kier molecular flexibility index (Phi) is 6.98. The van der Waals surface area contributed by atoms with Gasteiger partial charge in [0.1, 0.15) is 0 Å². The average Bonchev–Trinajstić information content (AvgIpc) is 1.98. The molecule has 10 heavy (non-hydrogen) atoms. The zero-order chi connectivity index (χ0) is 7.82. The normalized spacial score (nSPS) is 13.5. The highest BCUT2D eigenvalue weighted by atomic mass is 16.3. The smallest absolute Gasteiger partial charge is 0.0538 e. The molecule has 1 unspecified atom stereocenters. The van der Waals surface area contributed by atoms with Gasteiger partial charge in [-0.1, -0.05) is 13.8 Å². The number of aliphatic hydroxyl groups is 1. The molecule has 0 aromatic rings. The van der Waals surface area contributed by atoms with Crippen LogP contribution in [0.15, 0.2) is 0 Å². The van der Waals surface area contributed by atoms with Crippen molar-refractivity contribution in [3.8, 4) is 0 Å². The van der Waals surface area contributed by atoms with E-state index in [2.05, 4.69) is 12.2 Å². The van der Waals surface area contributed by atoms with Gasteiger partial charge in [0.15, 0.2) is 0 Å². The van der Waals surface area contributed by atoms with Crippen molar-refractivity contribution >= 4 is 0 Å². The van der Waals surface area contributed by atoms with E-state index in [9.17, 15) is 0 Å². The third-order valence-corrected chi connectivity index (χ3v) is 1.61. The number of hydrogen-bond acceptors (Lipinski definition) is 2. The Morgan fingerprint density at radius 1 is 1.40 bits per heavy atom. The molecule has 0 amide bonds. The van der Waals surface area contributed by atoms with Crippen LogP contribution in [0.4, 0.5) is 0 Å². The molecule has 62 valence electrons. The third-order valence-electron chi connectivity index (χ3n) is 1.61. The topological polar surface area (TPSA) is 32.3 Å². The first-order valence-corrected chi connectivity index (χ1v) is 4.20. The van der Waals surface area contributed by atoms with E-state index in [0.717, 1.165) is 32.4 Å². The Labute approximate surface area is 63.6 Å². The largest absolute Gasteiger partial charge is 0.393 e. The van der Waals surface area contributed by atoms with Gasteiger partial charge < -0.3 is 10.4 Å². The van der Waals surface area contributed by atoms with Crippen LogP contribution in [0.1, 0.15) is 33.1 Å². The molecule has 0 fully saturated rings. The van der Waals surface area contributed by atoms with Crippen molar-refractivity contribution in [3.63, 3.8) is 0 Å². The molecule has 0 aromatic carbocycles. The number of rotatable bonds is 6. The Hall–Kier alpha value is -0.0800. The first kappa shape index (κ1) is 9.92. The molecule has 0 radical (unpaired) electrons. The van der Waals surface area contributed by atoms with Crippen LogP contribution in [0, 0.1) is 0 Å². The van der Waals surface area contributed by atoms with Crippen LogP contribution in [0.25, 0.3) is 0 Å². The van der Waals surface area contributed by atoms with Crippen molar-refractivity contribution < 1.29 is 5.11 Å². The summed E-state index contributed by atoms with van der Waals surface area (Å²) in [7, 11) is 0. The molecule has 2 nitrogen and oxygen atoms in total. The van der Waals surface area contributed by atoms with E-state index in [-0.39, 0.29) is 6.10 Å². The standard InChI is InChI=1S/C8H19NO/c1-3-8(10)6-5-7-9-4-2/h8-10H,3-7H2,1-2H3. The van der Waals surface area contributed by atoms with Crippen molar-refractivity contribution in [1.82, 2.24) is 5.32 Å². The monoisotopic (exact) mass is 145 g/mol. The highest BCUT2D eigenvalue weighted by molar-refractivity contribution is 4.53. The van der Waals surface area contributed by atoms with Crippen LogP contribution >= 0.6 is 0 Å². The molecule has 0 bridgehead atoms. The van der Waals surface area contributed by atoms with Gasteiger partial charge in [-0.3, -0.25) is 0 Å². The van der Waals surface area contributed by atoms with E-state index in [1.54, 1.807) is 0 Å². The summed E-state index contributed by atoms with van der Waals surface area (Å²) in [4.78, 5) is 0. The van der Waals surface area contributed by atoms with Gasteiger partial charge in [0.05, 0.1) is 6.10 Å². The van der Waals surface area contributed by atoms with E-state index < -0.39 is 0 Å². The minimum absolute atomic E-state index is 0.0846. The molecule has 0 saturated heterocycles. The summed E-state index contributed by atoms with van der Waals surface area (Å²) in [6.07, 6.45) is 2.82. The minimum atomic E-state index is -0.0846. The predicted molar refractivity (Wildman–Crippen MR) is 44.1 cm³/mol. The fourth-order valence-electron chi connectivity index (χ4n) is 0.844. The molecule has 0 aliphatic heterocycles. The second-order valence-electron chi connectivity index (χ2n) is 2.56. The molecule has 0 rings (SSSR count). The Morgan fingerprint density at radius 2 is 2.10 bits per heavy atom. The van der Waals surface area contributed by atoms with E-state index in [1.807, 2.05) is 6.92 Å². The van der Waals surface area contributed by atoms with Gasteiger partial charge in [0.25, 0.3) is 0 Å². The molecular formula is C8H19NO. The second-order valence-corrected chi connectivity index (χ2v) is 2.56. The number of aliphatic hydroxyl groups excluding tert-OH is 1. The van der Waals surface area contributed by atoms with E-state index in [0.29, 0.717) is 0 Å². The molecule has 2 N–H and O–H groups in total. The van der Waals surface area contributed by atoms with Gasteiger partial charge in [-0.25, -0.2) is 0 Å². The maximum atomic E-state index is 9.13. The lowest BCUT2D eigenvalue weighted by Crippen LogP contribution is -2.16. The lowest BCUT2D eigenvalue weighted by molar-refractivity contribution is 0.157. The zero-order valence-corrected chi connectivity index (χ0v) is 7.06. The fraction of sp³-hybridized carbons (Fsp3) is 1.00. The van der Waals surface area contributed by atoms with Gasteiger partial charge in [0, 0.05) is 0 Å². The van der Waals surface area contributed by atoms with Gasteiger partial charge >= 0.3 is 0 Å². The van der Waals surface area contributed by atoms with Crippen LogP contribution in [0.2, 0.25) is 0 Å². The molecule has 0 aliphatic carbocycles. The van der Waals surface area contributed by atoms with Crippen LogP contribution in [-0.2, 0) is 0 Å². The molecule has 0 aromatic heterocycles. The van der Waals surface area contributed by atoms with E-state index >= 15 is 0 Å². The van der Waals surface area contributed by atoms with Crippen LogP contribution in [0.5, 0.6) is 0 Å². The van der Waals surface area contributed by atoms with Crippen molar-refractivity contribution in [2.24, 2.45) is 0 Å². The molecule has 2 heteroatoms. The van der Waals surface area contributed by atoms with Crippen LogP contribution in [-0.4, -0.2) is 24.3 Å². The molecule has 0 saturated carbocycles. The molecule has 1 atom stereocenters. The number of hydrogen-bond donors (Lipinski definition) is 2. The zero-order valence-electron chi connectivity index (χ0n) is 7.06. The summed E-state index contributed by atoms with van der Waals surface area (Å²) >= 11 is 0. The summed E-state index contributed by atoms with van der Waals surface area (Å²) in [5.74, 6) is 0. The second kappa shape index (κ2) is 7.03. The fourth-order valence-corrected chi connectivity index (χ4v) is 0.844. The Bertz CT molecular complexity index is 66.3. The van der Waals surface area contributed by atoms with Crippen molar-refractivity contribution in [2.45, 2.75) is 39.2 Å². The summed E-state index contributed by atoms with van der Waals surface area (Å²) in [5.41, 5.74) is 0. The summed E-state index contributed by atoms with van der Waals surface area (Å²) in [5, 5.41) is 12.3. The highest BCUT2D eigenvalue weighted by Gasteiger charge is 1.97. The summed E-state index contributed by atoms with van der Waals surface area (Å²) < 4.78 is 0. The summed E-state index contributed by atoms with van der Waals surface area (Å²) in [6.45, 7) is 6.17. The summed E-state index contributed by atoms with van der Waals surface area (Å²) in [6, 6.07) is 0. The van der Waals surface area contributed by atoms with Crippen molar-refractivity contribution in [3.05, 3.63) is 0 Å². The molecule has 0 heterocycles. The predicted octanol–water partition coefficient (Wildman–Crippen LogP) is 1.15. The first-order chi connectivity index (χ1) is 4.81. The van der Waals surface area contributed by atoms with Gasteiger partial charge in [-0.2, -0.15) is 0 Å². The SMILES string of the molecule is CCNCCCC(O)CC. The van der Waals surface area contributed by atoms with Gasteiger partial charge in [-0.15, -0.1) is 0 Å². The Morgan fingerprint density at radius 3 is 2.60 bits per heavy atom. The van der Waals surface area contributed by atoms with Gasteiger partial charge in [-0.05, 0) is 32.4 Å². The quantitative estimate of drug-likeness (QED) is 0.549. The van der Waals surface area contributed by atoms with Gasteiger partial charge in [0.2, 0.25) is 0 Å². The van der Waals surface area contributed by atoms with Crippen molar-refractivity contribution in [1.29, 1.82) is 0 Å². The molecule has 0 spiro atoms. The average molecular weight is 145 g/mol. The van der Waals surface area contributed by atoms with Crippen molar-refractivity contribution in [2.75, 3.05) is 13.1 Å². The maximum Gasteiger partial charge on any atom is 0.0538 e. The lowest BCUT2D eigenvalue weighted by Gasteiger charge is -2.06. The van der Waals surface area contributed by atoms with E-state index in [1.165, 1.54) is 0 Å².